The van der Waals surface area contributed by atoms with Gasteiger partial charge in [0.05, 0.1) is 25.3 Å². The molecule has 1 saturated heterocycles. The van der Waals surface area contributed by atoms with Crippen molar-refractivity contribution in [3.63, 3.8) is 0 Å². The SMILES string of the molecule is CC1COCC(C)N1C(=O)NCc1ccccc1. The number of hydrogen-bond donors (Lipinski definition) is 1. The van der Waals surface area contributed by atoms with Crippen molar-refractivity contribution in [1.29, 1.82) is 0 Å². The molecule has 98 valence electrons. The first kappa shape index (κ1) is 12.9. The molecule has 1 aliphatic rings. The number of morpholine rings is 1. The monoisotopic (exact) mass is 248 g/mol. The fraction of sp³-hybridized carbons (Fsp3) is 0.500. The van der Waals surface area contributed by atoms with Gasteiger partial charge in [-0.25, -0.2) is 4.79 Å². The summed E-state index contributed by atoms with van der Waals surface area (Å²) < 4.78 is 5.42. The van der Waals surface area contributed by atoms with Crippen LogP contribution < -0.4 is 5.32 Å². The molecule has 1 aromatic rings. The van der Waals surface area contributed by atoms with Gasteiger partial charge in [0.2, 0.25) is 0 Å². The molecule has 2 rings (SSSR count). The first-order valence-corrected chi connectivity index (χ1v) is 6.36. The summed E-state index contributed by atoms with van der Waals surface area (Å²) in [6.45, 7) is 5.82. The molecule has 0 aliphatic carbocycles. The van der Waals surface area contributed by atoms with Crippen molar-refractivity contribution in [1.82, 2.24) is 10.2 Å². The van der Waals surface area contributed by atoms with Gasteiger partial charge in [-0.2, -0.15) is 0 Å². The van der Waals surface area contributed by atoms with Gasteiger partial charge in [-0.05, 0) is 19.4 Å². The van der Waals surface area contributed by atoms with Crippen LogP contribution in [0.25, 0.3) is 0 Å². The Hall–Kier alpha value is -1.55. The largest absolute Gasteiger partial charge is 0.377 e. The van der Waals surface area contributed by atoms with E-state index in [4.69, 9.17) is 4.74 Å². The van der Waals surface area contributed by atoms with E-state index in [1.165, 1.54) is 0 Å². The Kier molecular flexibility index (Phi) is 4.20. The van der Waals surface area contributed by atoms with Gasteiger partial charge in [-0.1, -0.05) is 30.3 Å². The van der Waals surface area contributed by atoms with E-state index in [0.717, 1.165) is 5.56 Å². The van der Waals surface area contributed by atoms with Crippen LogP contribution in [0.15, 0.2) is 30.3 Å². The van der Waals surface area contributed by atoms with Gasteiger partial charge in [-0.15, -0.1) is 0 Å². The molecule has 2 atom stereocenters. The quantitative estimate of drug-likeness (QED) is 0.869. The predicted molar refractivity (Wildman–Crippen MR) is 70.3 cm³/mol. The van der Waals surface area contributed by atoms with Crippen molar-refractivity contribution in [2.45, 2.75) is 32.5 Å². The molecule has 0 radical (unpaired) electrons. The maximum atomic E-state index is 12.2. The molecule has 0 aromatic heterocycles. The van der Waals surface area contributed by atoms with Crippen molar-refractivity contribution in [3.05, 3.63) is 35.9 Å². The van der Waals surface area contributed by atoms with E-state index < -0.39 is 0 Å². The van der Waals surface area contributed by atoms with Crippen LogP contribution in [0.2, 0.25) is 0 Å². The number of urea groups is 1. The first-order chi connectivity index (χ1) is 8.68. The second kappa shape index (κ2) is 5.87. The molecule has 1 heterocycles. The van der Waals surface area contributed by atoms with Crippen molar-refractivity contribution in [2.24, 2.45) is 0 Å². The van der Waals surface area contributed by atoms with E-state index >= 15 is 0 Å². The summed E-state index contributed by atoms with van der Waals surface area (Å²) in [6.07, 6.45) is 0. The number of amides is 2. The number of nitrogens with zero attached hydrogens (tertiary/aromatic N) is 1. The Labute approximate surface area is 108 Å². The van der Waals surface area contributed by atoms with Crippen LogP contribution in [0.3, 0.4) is 0 Å². The Balaban J connectivity index is 1.91. The number of carbonyl (C=O) groups excluding carboxylic acids is 1. The molecular weight excluding hydrogens is 228 g/mol. The first-order valence-electron chi connectivity index (χ1n) is 6.36. The number of nitrogens with one attached hydrogen (secondary N) is 1. The van der Waals surface area contributed by atoms with Gasteiger partial charge >= 0.3 is 6.03 Å². The minimum atomic E-state index is -0.0119. The van der Waals surface area contributed by atoms with E-state index in [0.29, 0.717) is 19.8 Å². The normalized spacial score (nSPS) is 23.8. The van der Waals surface area contributed by atoms with Crippen LogP contribution in [0.1, 0.15) is 19.4 Å². The fourth-order valence-electron chi connectivity index (χ4n) is 2.27. The molecule has 1 N–H and O–H groups in total. The summed E-state index contributed by atoms with van der Waals surface area (Å²) in [5.41, 5.74) is 1.11. The third-order valence-corrected chi connectivity index (χ3v) is 3.19. The van der Waals surface area contributed by atoms with E-state index in [-0.39, 0.29) is 18.1 Å². The molecule has 4 heteroatoms. The third kappa shape index (κ3) is 3.01. The lowest BCUT2D eigenvalue weighted by Crippen LogP contribution is -2.55. The van der Waals surface area contributed by atoms with Crippen molar-refractivity contribution in [3.8, 4) is 0 Å². The third-order valence-electron chi connectivity index (χ3n) is 3.19. The lowest BCUT2D eigenvalue weighted by molar-refractivity contribution is -0.0141. The summed E-state index contributed by atoms with van der Waals surface area (Å²) in [6, 6.07) is 10.2. The standard InChI is InChI=1S/C14H20N2O2/c1-11-9-18-10-12(2)16(11)14(17)15-8-13-6-4-3-5-7-13/h3-7,11-12H,8-10H2,1-2H3,(H,15,17). The lowest BCUT2D eigenvalue weighted by atomic mass is 10.2. The molecule has 0 bridgehead atoms. The topological polar surface area (TPSA) is 41.6 Å². The zero-order chi connectivity index (χ0) is 13.0. The van der Waals surface area contributed by atoms with Crippen LogP contribution in [0.4, 0.5) is 4.79 Å². The van der Waals surface area contributed by atoms with Crippen LogP contribution >= 0.6 is 0 Å². The fourth-order valence-corrected chi connectivity index (χ4v) is 2.27. The second-order valence-corrected chi connectivity index (χ2v) is 4.79. The van der Waals surface area contributed by atoms with Crippen molar-refractivity contribution < 1.29 is 9.53 Å². The summed E-state index contributed by atoms with van der Waals surface area (Å²) >= 11 is 0. The average Bonchev–Trinajstić information content (AvgIpc) is 2.37. The highest BCUT2D eigenvalue weighted by Crippen LogP contribution is 2.13. The molecule has 1 fully saturated rings. The predicted octanol–water partition coefficient (Wildman–Crippen LogP) is 2.01. The van der Waals surface area contributed by atoms with Gasteiger partial charge in [0.25, 0.3) is 0 Å². The van der Waals surface area contributed by atoms with Crippen molar-refractivity contribution >= 4 is 6.03 Å². The number of ether oxygens (including phenoxy) is 1. The van der Waals surface area contributed by atoms with Gasteiger partial charge in [-0.3, -0.25) is 0 Å². The molecular formula is C14H20N2O2. The Bertz CT molecular complexity index is 384. The van der Waals surface area contributed by atoms with Gasteiger partial charge < -0.3 is 15.0 Å². The second-order valence-electron chi connectivity index (χ2n) is 4.79. The Morgan fingerprint density at radius 3 is 2.50 bits per heavy atom. The van der Waals surface area contributed by atoms with Gasteiger partial charge in [0, 0.05) is 6.54 Å². The number of benzene rings is 1. The van der Waals surface area contributed by atoms with Gasteiger partial charge in [0.1, 0.15) is 0 Å². The average molecular weight is 248 g/mol. The van der Waals surface area contributed by atoms with Gasteiger partial charge in [0.15, 0.2) is 0 Å². The lowest BCUT2D eigenvalue weighted by Gasteiger charge is -2.38. The van der Waals surface area contributed by atoms with E-state index in [1.54, 1.807) is 0 Å². The minimum Gasteiger partial charge on any atom is -0.377 e. The zero-order valence-corrected chi connectivity index (χ0v) is 10.9. The number of rotatable bonds is 2. The summed E-state index contributed by atoms with van der Waals surface area (Å²) in [5, 5.41) is 2.96. The maximum Gasteiger partial charge on any atom is 0.318 e. The molecule has 1 aliphatic heterocycles. The summed E-state index contributed by atoms with van der Waals surface area (Å²) in [4.78, 5) is 14.0. The number of hydrogen-bond acceptors (Lipinski definition) is 2. The highest BCUT2D eigenvalue weighted by molar-refractivity contribution is 5.75. The highest BCUT2D eigenvalue weighted by atomic mass is 16.5. The molecule has 0 spiro atoms. The molecule has 18 heavy (non-hydrogen) atoms. The Morgan fingerprint density at radius 1 is 1.28 bits per heavy atom. The highest BCUT2D eigenvalue weighted by Gasteiger charge is 2.29. The maximum absolute atomic E-state index is 12.2. The smallest absolute Gasteiger partial charge is 0.318 e. The van der Waals surface area contributed by atoms with Crippen LogP contribution in [0, 0.1) is 0 Å². The zero-order valence-electron chi connectivity index (χ0n) is 10.9. The molecule has 0 saturated carbocycles. The molecule has 4 nitrogen and oxygen atoms in total. The van der Waals surface area contributed by atoms with Crippen LogP contribution in [-0.4, -0.2) is 36.2 Å². The molecule has 2 amide bonds. The summed E-state index contributed by atoms with van der Waals surface area (Å²) in [5.74, 6) is 0. The molecule has 1 aromatic carbocycles. The van der Waals surface area contributed by atoms with E-state index in [9.17, 15) is 4.79 Å². The van der Waals surface area contributed by atoms with Crippen LogP contribution in [-0.2, 0) is 11.3 Å². The Morgan fingerprint density at radius 2 is 1.89 bits per heavy atom. The van der Waals surface area contributed by atoms with Crippen molar-refractivity contribution in [2.75, 3.05) is 13.2 Å². The minimum absolute atomic E-state index is 0.0119. The summed E-state index contributed by atoms with van der Waals surface area (Å²) in [7, 11) is 0. The van der Waals surface area contributed by atoms with E-state index in [2.05, 4.69) is 5.32 Å². The van der Waals surface area contributed by atoms with E-state index in [1.807, 2.05) is 49.1 Å². The molecule has 2 unspecified atom stereocenters. The van der Waals surface area contributed by atoms with Crippen LogP contribution in [0.5, 0.6) is 0 Å². The number of carbonyl (C=O) groups is 1.